The number of hydrogen-bond donors (Lipinski definition) is 1. The zero-order chi connectivity index (χ0) is 18.5. The summed E-state index contributed by atoms with van der Waals surface area (Å²) in [5, 5.41) is 0. The zero-order valence-corrected chi connectivity index (χ0v) is 14.0. The summed E-state index contributed by atoms with van der Waals surface area (Å²) in [6.45, 7) is 1.62. The molecule has 2 aromatic rings. The van der Waals surface area contributed by atoms with E-state index in [4.69, 9.17) is 9.47 Å². The normalized spacial score (nSPS) is 9.32. The molecule has 0 unspecified atom stereocenters. The molecule has 1 amide bonds. The molecule has 0 radical (unpaired) electrons. The van der Waals surface area contributed by atoms with E-state index in [-0.39, 0.29) is 25.5 Å². The van der Waals surface area contributed by atoms with E-state index in [1.165, 1.54) is 6.92 Å². The Morgan fingerprint density at radius 2 is 1.08 bits per heavy atom. The average Bonchev–Trinajstić information content (AvgIpc) is 2.59. The van der Waals surface area contributed by atoms with E-state index in [1.54, 1.807) is 0 Å². The van der Waals surface area contributed by atoms with Crippen LogP contribution in [0.15, 0.2) is 60.7 Å². The molecular weight excluding hydrogens is 322 g/mol. The molecule has 2 aromatic carbocycles. The molecule has 2 N–H and O–H groups in total. The summed E-state index contributed by atoms with van der Waals surface area (Å²) in [7, 11) is 0. The maximum atomic E-state index is 11.5. The van der Waals surface area contributed by atoms with Gasteiger partial charge in [-0.1, -0.05) is 60.7 Å². The molecule has 25 heavy (non-hydrogen) atoms. The average molecular weight is 343 g/mol. The lowest BCUT2D eigenvalue weighted by molar-refractivity contribution is -0.156. The van der Waals surface area contributed by atoms with Crippen molar-refractivity contribution in [2.75, 3.05) is 0 Å². The van der Waals surface area contributed by atoms with Crippen molar-refractivity contribution in [3.63, 3.8) is 0 Å². The van der Waals surface area contributed by atoms with Gasteiger partial charge in [0, 0.05) is 6.92 Å². The first-order valence-electron chi connectivity index (χ1n) is 7.62. The zero-order valence-electron chi connectivity index (χ0n) is 14.0. The van der Waals surface area contributed by atoms with Crippen molar-refractivity contribution in [3.8, 4) is 0 Å². The van der Waals surface area contributed by atoms with Gasteiger partial charge in [0.1, 0.15) is 19.6 Å². The fraction of sp³-hybridized carbons (Fsp3) is 0.211. The second-order valence-electron chi connectivity index (χ2n) is 5.08. The molecule has 0 bridgehead atoms. The number of ether oxygens (including phenoxy) is 2. The summed E-state index contributed by atoms with van der Waals surface area (Å²) < 4.78 is 10.0. The highest BCUT2D eigenvalue weighted by atomic mass is 16.6. The maximum absolute atomic E-state index is 11.5. The topological polar surface area (TPSA) is 95.7 Å². The molecule has 0 saturated heterocycles. The third-order valence-electron chi connectivity index (χ3n) is 2.77. The molecule has 0 spiro atoms. The van der Waals surface area contributed by atoms with Gasteiger partial charge in [0.15, 0.2) is 0 Å². The van der Waals surface area contributed by atoms with Crippen LogP contribution in [0.25, 0.3) is 0 Å². The number of rotatable bonds is 6. The second-order valence-corrected chi connectivity index (χ2v) is 5.08. The third kappa shape index (κ3) is 10.3. The number of amides is 1. The summed E-state index contributed by atoms with van der Waals surface area (Å²) in [5.74, 6) is -1.51. The SMILES string of the molecule is CC(N)=O.O=C(CC(=O)OCc1ccccc1)OCc1ccccc1. The largest absolute Gasteiger partial charge is 0.460 e. The first-order chi connectivity index (χ1) is 12.0. The van der Waals surface area contributed by atoms with Gasteiger partial charge in [-0.25, -0.2) is 0 Å². The highest BCUT2D eigenvalue weighted by molar-refractivity contribution is 5.91. The number of hydrogen-bond acceptors (Lipinski definition) is 5. The summed E-state index contributed by atoms with van der Waals surface area (Å²) in [4.78, 5) is 32.3. The first-order valence-corrected chi connectivity index (χ1v) is 7.62. The van der Waals surface area contributed by atoms with Crippen LogP contribution in [0.2, 0.25) is 0 Å². The van der Waals surface area contributed by atoms with Crippen molar-refractivity contribution in [1.29, 1.82) is 0 Å². The van der Waals surface area contributed by atoms with Crippen LogP contribution in [-0.2, 0) is 37.1 Å². The predicted octanol–water partition coefficient (Wildman–Crippen LogP) is 2.35. The number of carbonyl (C=O) groups excluding carboxylic acids is 3. The van der Waals surface area contributed by atoms with E-state index >= 15 is 0 Å². The lowest BCUT2D eigenvalue weighted by Crippen LogP contribution is -2.13. The summed E-state index contributed by atoms with van der Waals surface area (Å²) in [6.07, 6.45) is -0.375. The molecule has 0 saturated carbocycles. The van der Waals surface area contributed by atoms with Crippen LogP contribution in [0.3, 0.4) is 0 Å². The quantitative estimate of drug-likeness (QED) is 0.641. The molecule has 0 aliphatic carbocycles. The van der Waals surface area contributed by atoms with Gasteiger partial charge in [-0.15, -0.1) is 0 Å². The Labute approximate surface area is 146 Å². The van der Waals surface area contributed by atoms with Crippen molar-refractivity contribution in [2.24, 2.45) is 5.73 Å². The van der Waals surface area contributed by atoms with E-state index < -0.39 is 11.9 Å². The lowest BCUT2D eigenvalue weighted by atomic mass is 10.2. The molecule has 0 aromatic heterocycles. The molecule has 0 aliphatic heterocycles. The van der Waals surface area contributed by atoms with Crippen LogP contribution in [0, 0.1) is 0 Å². The van der Waals surface area contributed by atoms with Gasteiger partial charge in [-0.3, -0.25) is 14.4 Å². The van der Waals surface area contributed by atoms with Crippen molar-refractivity contribution >= 4 is 17.8 Å². The Morgan fingerprint density at radius 1 is 0.760 bits per heavy atom. The number of nitrogens with two attached hydrogens (primary N) is 1. The highest BCUT2D eigenvalue weighted by Gasteiger charge is 2.12. The molecule has 6 nitrogen and oxygen atoms in total. The minimum absolute atomic E-state index is 0.158. The predicted molar refractivity (Wildman–Crippen MR) is 92.0 cm³/mol. The molecule has 2 rings (SSSR count). The van der Waals surface area contributed by atoms with E-state index in [0.29, 0.717) is 0 Å². The molecular formula is C19H21NO5. The van der Waals surface area contributed by atoms with Gasteiger partial charge in [0.2, 0.25) is 5.91 Å². The van der Waals surface area contributed by atoms with Crippen LogP contribution in [-0.4, -0.2) is 17.8 Å². The van der Waals surface area contributed by atoms with E-state index in [2.05, 4.69) is 5.73 Å². The van der Waals surface area contributed by atoms with E-state index in [9.17, 15) is 14.4 Å². The van der Waals surface area contributed by atoms with Crippen molar-refractivity contribution < 1.29 is 23.9 Å². The molecule has 0 heterocycles. The fourth-order valence-electron chi connectivity index (χ4n) is 1.70. The highest BCUT2D eigenvalue weighted by Crippen LogP contribution is 2.04. The van der Waals surface area contributed by atoms with Gasteiger partial charge in [-0.2, -0.15) is 0 Å². The van der Waals surface area contributed by atoms with Crippen LogP contribution >= 0.6 is 0 Å². The molecule has 0 atom stereocenters. The first kappa shape index (κ1) is 19.9. The second kappa shape index (κ2) is 11.4. The molecule has 0 fully saturated rings. The number of primary amides is 1. The van der Waals surface area contributed by atoms with Gasteiger partial charge in [0.05, 0.1) is 0 Å². The molecule has 132 valence electrons. The Kier molecular flexibility index (Phi) is 9.07. The Bertz CT molecular complexity index is 613. The summed E-state index contributed by atoms with van der Waals surface area (Å²) in [6, 6.07) is 18.6. The van der Waals surface area contributed by atoms with Crippen molar-refractivity contribution in [2.45, 2.75) is 26.6 Å². The minimum atomic E-state index is -0.586. The van der Waals surface area contributed by atoms with Gasteiger partial charge < -0.3 is 15.2 Å². The number of carbonyl (C=O) groups is 3. The lowest BCUT2D eigenvalue weighted by Gasteiger charge is -2.06. The summed E-state index contributed by atoms with van der Waals surface area (Å²) >= 11 is 0. The Balaban J connectivity index is 0.000000705. The summed E-state index contributed by atoms with van der Waals surface area (Å²) in [5.41, 5.74) is 6.23. The monoisotopic (exact) mass is 343 g/mol. The standard InChI is InChI=1S/C17H16O4.C2H5NO/c18-16(20-12-14-7-3-1-4-8-14)11-17(19)21-13-15-9-5-2-6-10-15;1-2(3)4/h1-10H,11-13H2;1H3,(H2,3,4). The van der Waals surface area contributed by atoms with Crippen molar-refractivity contribution in [1.82, 2.24) is 0 Å². The van der Waals surface area contributed by atoms with E-state index in [1.807, 2.05) is 60.7 Å². The maximum Gasteiger partial charge on any atom is 0.317 e. The smallest absolute Gasteiger partial charge is 0.317 e. The number of benzene rings is 2. The Hall–Kier alpha value is -3.15. The van der Waals surface area contributed by atoms with Gasteiger partial charge in [-0.05, 0) is 11.1 Å². The van der Waals surface area contributed by atoms with Crippen LogP contribution in [0.1, 0.15) is 24.5 Å². The fourth-order valence-corrected chi connectivity index (χ4v) is 1.70. The molecule has 6 heteroatoms. The van der Waals surface area contributed by atoms with Crippen LogP contribution in [0.5, 0.6) is 0 Å². The minimum Gasteiger partial charge on any atom is -0.460 e. The van der Waals surface area contributed by atoms with Crippen LogP contribution < -0.4 is 5.73 Å². The van der Waals surface area contributed by atoms with Crippen molar-refractivity contribution in [3.05, 3.63) is 71.8 Å². The van der Waals surface area contributed by atoms with Crippen LogP contribution in [0.4, 0.5) is 0 Å². The number of esters is 2. The molecule has 0 aliphatic rings. The third-order valence-corrected chi connectivity index (χ3v) is 2.77. The van der Waals surface area contributed by atoms with Gasteiger partial charge in [0.25, 0.3) is 0 Å². The van der Waals surface area contributed by atoms with E-state index in [0.717, 1.165) is 11.1 Å². The Morgan fingerprint density at radius 3 is 1.40 bits per heavy atom. The van der Waals surface area contributed by atoms with Gasteiger partial charge >= 0.3 is 11.9 Å².